The summed E-state index contributed by atoms with van der Waals surface area (Å²) >= 11 is 54.5. The zero-order chi connectivity index (χ0) is 99.1. The second-order valence-corrected chi connectivity index (χ2v) is 48.0. The van der Waals surface area contributed by atoms with Crippen LogP contribution >= 0.6 is 154 Å². The summed E-state index contributed by atoms with van der Waals surface area (Å²) in [4.78, 5) is 123. The van der Waals surface area contributed by atoms with E-state index in [1.165, 1.54) is 72.6 Å². The smallest absolute Gasteiger partial charge is 0.227 e. The van der Waals surface area contributed by atoms with Gasteiger partial charge in [0.2, 0.25) is 41.4 Å². The number of halogens is 11. The molecule has 7 amide bonds. The van der Waals surface area contributed by atoms with E-state index in [2.05, 4.69) is 165 Å². The summed E-state index contributed by atoms with van der Waals surface area (Å²) in [5, 5.41) is 3.68. The van der Waals surface area contributed by atoms with Gasteiger partial charge in [-0.15, -0.1) is 0 Å². The first-order valence-electron chi connectivity index (χ1n) is 50.2. The number of rotatable bonds is 12. The first kappa shape index (κ1) is 106. The molecule has 7 fully saturated rings. The van der Waals surface area contributed by atoms with Crippen LogP contribution in [0.3, 0.4) is 0 Å². The number of nitrogens with zero attached hydrogens (tertiary/aromatic N) is 13. The van der Waals surface area contributed by atoms with Gasteiger partial charge in [-0.05, 0) is 373 Å². The molecule has 9 aromatic rings. The molecule has 0 saturated carbocycles. The molecule has 4 aliphatic carbocycles. The highest BCUT2D eigenvalue weighted by atomic mass is 79.9. The van der Waals surface area contributed by atoms with Crippen LogP contribution in [-0.2, 0) is 98.4 Å². The molecule has 31 heteroatoms. The normalized spacial score (nSPS) is 20.4. The number of likely N-dealkylation sites (tertiary alicyclic amines) is 6. The van der Waals surface area contributed by atoms with Crippen molar-refractivity contribution in [2.45, 2.75) is 199 Å². The highest BCUT2D eigenvalue weighted by Gasteiger charge is 2.43. The van der Waals surface area contributed by atoms with Gasteiger partial charge in [0.25, 0.3) is 0 Å². The molecule has 7 saturated heterocycles. The molecule has 746 valence electrons. The van der Waals surface area contributed by atoms with Crippen molar-refractivity contribution in [1.82, 2.24) is 59.1 Å². The lowest BCUT2D eigenvalue weighted by Gasteiger charge is -2.40. The Labute approximate surface area is 904 Å². The number of hydrogen-bond donors (Lipinski definition) is 0. The van der Waals surface area contributed by atoms with Gasteiger partial charge in [-0.2, -0.15) is 0 Å². The quantitative estimate of drug-likeness (QED) is 0.105. The molecule has 20 nitrogen and oxygen atoms in total. The molecule has 3 unspecified atom stereocenters. The third-order valence-electron chi connectivity index (χ3n) is 31.6. The fourth-order valence-electron chi connectivity index (χ4n) is 24.0. The van der Waals surface area contributed by atoms with Gasteiger partial charge >= 0.3 is 0 Å². The highest BCUT2D eigenvalue weighted by Crippen LogP contribution is 2.52. The number of carbonyl (C=O) groups excluding carboxylic acids is 7. The Morgan fingerprint density at radius 3 is 1.00 bits per heavy atom. The summed E-state index contributed by atoms with van der Waals surface area (Å²) in [7, 11) is 1.98. The molecule has 0 spiro atoms. The van der Waals surface area contributed by atoms with Crippen LogP contribution in [0.4, 0.5) is 0 Å². The van der Waals surface area contributed by atoms with Crippen LogP contribution in [0.15, 0.2) is 155 Å². The molecule has 12 heterocycles. The minimum absolute atomic E-state index is 0.0780. The Morgan fingerprint density at radius 1 is 0.326 bits per heavy atom. The highest BCUT2D eigenvalue weighted by molar-refractivity contribution is 9.11. The van der Waals surface area contributed by atoms with E-state index in [9.17, 15) is 33.6 Å². The largest absolute Gasteiger partial charge is 0.343 e. The molecule has 7 aliphatic heterocycles. The van der Waals surface area contributed by atoms with Crippen LogP contribution < -0.4 is 4.57 Å². The summed E-state index contributed by atoms with van der Waals surface area (Å²) in [6.45, 7) is 17.3. The Hall–Kier alpha value is -6.79. The minimum atomic E-state index is 0.0780. The van der Waals surface area contributed by atoms with Crippen LogP contribution in [0, 0.1) is 35.5 Å². The monoisotopic (exact) mass is 2390 g/mol. The second kappa shape index (κ2) is 48.0. The van der Waals surface area contributed by atoms with Crippen molar-refractivity contribution in [3.63, 3.8) is 0 Å². The zero-order valence-electron chi connectivity index (χ0n) is 80.5. The van der Waals surface area contributed by atoms with Gasteiger partial charge in [0, 0.05) is 251 Å². The van der Waals surface area contributed by atoms with E-state index in [4.69, 9.17) is 77.9 Å². The van der Waals surface area contributed by atoms with Crippen molar-refractivity contribution in [2.24, 2.45) is 42.6 Å². The van der Waals surface area contributed by atoms with E-state index in [-0.39, 0.29) is 65.1 Å². The van der Waals surface area contributed by atoms with Gasteiger partial charge in [0.05, 0.1) is 35.2 Å². The van der Waals surface area contributed by atoms with Gasteiger partial charge in [-0.1, -0.05) is 95.9 Å². The van der Waals surface area contributed by atoms with Gasteiger partial charge in [-0.3, -0.25) is 58.4 Å². The lowest BCUT2D eigenvalue weighted by atomic mass is 9.76. The van der Waals surface area contributed by atoms with E-state index >= 15 is 0 Å². The first-order chi connectivity index (χ1) is 67.9. The number of aromatic nitrogens is 5. The number of fused-ring (bicyclic) bond motifs is 8. The zero-order valence-corrected chi connectivity index (χ0v) is 93.8. The molecule has 0 radical (unpaired) electrons. The van der Waals surface area contributed by atoms with Crippen LogP contribution in [0.1, 0.15) is 236 Å². The average molecular weight is 2400 g/mol. The second-order valence-electron chi connectivity index (χ2n) is 40.4. The van der Waals surface area contributed by atoms with Gasteiger partial charge < -0.3 is 34.3 Å². The number of aryl methyl sites for hydroxylation is 9. The molecule has 5 aromatic heterocycles. The number of amides is 7. The van der Waals surface area contributed by atoms with Crippen molar-refractivity contribution >= 4 is 195 Å². The summed E-state index contributed by atoms with van der Waals surface area (Å²) in [5.41, 5.74) is 20.9. The third-order valence-corrected chi connectivity index (χ3v) is 35.9. The summed E-state index contributed by atoms with van der Waals surface area (Å²) in [6.07, 6.45) is 32.5. The lowest BCUT2D eigenvalue weighted by molar-refractivity contribution is -0.671. The van der Waals surface area contributed by atoms with Crippen molar-refractivity contribution in [3.8, 4) is 0 Å². The molecule has 4 aromatic carbocycles. The predicted molar refractivity (Wildman–Crippen MR) is 577 cm³/mol. The predicted octanol–water partition coefficient (Wildman–Crippen LogP) is 22.9. The van der Waals surface area contributed by atoms with Gasteiger partial charge in [0.15, 0.2) is 12.4 Å². The van der Waals surface area contributed by atoms with E-state index < -0.39 is 0 Å². The maximum Gasteiger partial charge on any atom is 0.227 e. The number of hydrogen-bond acceptors (Lipinski definition) is 12. The first-order valence-corrected chi connectivity index (χ1v) is 56.9. The van der Waals surface area contributed by atoms with E-state index in [0.29, 0.717) is 66.2 Å². The number of carbonyl (C=O) groups is 7. The molecule has 0 bridgehead atoms. The van der Waals surface area contributed by atoms with Gasteiger partial charge in [0.1, 0.15) is 7.05 Å². The number of pyridine rings is 5. The Kier molecular flexibility index (Phi) is 35.9. The van der Waals surface area contributed by atoms with E-state index in [0.717, 1.165) is 303 Å². The maximum absolute atomic E-state index is 13.2. The summed E-state index contributed by atoms with van der Waals surface area (Å²) < 4.78 is 8.12. The molecule has 4 atom stereocenters. The van der Waals surface area contributed by atoms with Crippen molar-refractivity contribution in [3.05, 3.63) is 275 Å². The summed E-state index contributed by atoms with van der Waals surface area (Å²) in [6, 6.07) is 31.3. The number of benzene rings is 4. The van der Waals surface area contributed by atoms with Crippen LogP contribution in [0.25, 0.3) is 0 Å². The fourth-order valence-corrected chi connectivity index (χ4v) is 28.6. The Bertz CT molecular complexity index is 5630. The maximum atomic E-state index is 13.2. The third kappa shape index (κ3) is 25.8. The molecular weight excluding hydrogens is 2270 g/mol. The lowest BCUT2D eigenvalue weighted by Crippen LogP contribution is -2.50. The van der Waals surface area contributed by atoms with Crippen molar-refractivity contribution in [2.75, 3.05) is 105 Å². The van der Waals surface area contributed by atoms with E-state index in [1.807, 2.05) is 110 Å². The SMILES string of the molecule is CC(=O)N1CCC(CC(=O)N2CCC(C3c4ncc(Br)cc4CCc4cc(Cl)cc(Br)c43)CC2)CC1.CC(=O)N1CCC(CC(=O)N2CCC(C3c4ncc(Br)cc4CCc4cc(Cl)cc(Br)c43)CC2)CC1.CC(=O)N1CCC(CC(=O)N2CCC(C3c4ncc(Br)cc4CCc4cc(Cl)cc(Cl)c43)CC2)CC1.C[n+]1ccc(CC(=O)N2CCN([C@H]3c4ccc(Cl)cc4CCc4cc(Br)cnc43)CC2)cc1. The standard InChI is InChI=1S/2C28H32Br2ClN3O2.C28H32BrCl2N3O2.C26H27BrClN4O/c2*1-17(35)33-8-4-18(5-9-33)12-25(36)34-10-6-19(7-11-34)27-26-20(14-23(31)15-24(26)30)2-3-21-13-22(29)16-32-28(21)27;1-17(35)33-8-4-18(5-9-33)12-25(36)34-10-6-19(7-11-34)27-26-20(14-23(30)15-24(26)31)2-3-21-13-22(29)16-32-28(21)27;1-30-8-6-18(7-9-30)14-24(33)31-10-12-32(13-11-31)26-23-5-4-22(28)16-19(23)2-3-20-15-21(27)17-29-25(20)26/h3*13-16,18-19,27H,2-12H2,1H3;4-9,15-17,26H,2-3,10-14H2,1H3/q;;;+1/t;;;26-/m...0/s1. The molecule has 20 rings (SSSR count). The molecule has 11 aliphatic rings. The Morgan fingerprint density at radius 2 is 0.631 bits per heavy atom. The number of piperazine rings is 1. The van der Waals surface area contributed by atoms with Crippen LogP contribution in [0.2, 0.25) is 25.1 Å². The topological polar surface area (TPSA) is 201 Å². The average Bonchev–Trinajstić information content (AvgIpc) is 1.68. The molecular formula is C110H123Br6Cl5N13O7+. The van der Waals surface area contributed by atoms with Crippen molar-refractivity contribution < 1.29 is 38.1 Å². The molecule has 0 N–H and O–H groups in total. The van der Waals surface area contributed by atoms with Crippen molar-refractivity contribution in [1.29, 1.82) is 0 Å². The number of piperidine rings is 6. The fraction of sp³-hybridized carbons (Fsp3) is 0.491. The van der Waals surface area contributed by atoms with Crippen LogP contribution in [0.5, 0.6) is 0 Å². The Balaban J connectivity index is 0.000000130. The molecule has 141 heavy (non-hydrogen) atoms. The summed E-state index contributed by atoms with van der Waals surface area (Å²) in [5.74, 6) is 4.19. The van der Waals surface area contributed by atoms with Gasteiger partial charge in [-0.25, -0.2) is 4.57 Å². The van der Waals surface area contributed by atoms with E-state index in [1.54, 1.807) is 20.8 Å². The van der Waals surface area contributed by atoms with Crippen LogP contribution in [-0.4, -0.2) is 205 Å². The minimum Gasteiger partial charge on any atom is -0.343 e.